The minimum atomic E-state index is -1.00. The van der Waals surface area contributed by atoms with Gasteiger partial charge in [-0.1, -0.05) is 25.0 Å². The number of rotatable bonds is 6. The van der Waals surface area contributed by atoms with E-state index in [1.165, 1.54) is 0 Å². The highest BCUT2D eigenvalue weighted by molar-refractivity contribution is 7.99. The van der Waals surface area contributed by atoms with Gasteiger partial charge in [0.2, 0.25) is 5.91 Å². The first-order valence-electron chi connectivity index (χ1n) is 8.34. The molecule has 3 atom stereocenters. The Morgan fingerprint density at radius 1 is 1.52 bits per heavy atom. The summed E-state index contributed by atoms with van der Waals surface area (Å²) in [6, 6.07) is 0.185. The molecule has 6 nitrogen and oxygen atoms in total. The summed E-state index contributed by atoms with van der Waals surface area (Å²) in [7, 11) is 0. The van der Waals surface area contributed by atoms with Crippen molar-refractivity contribution in [2.45, 2.75) is 75.8 Å². The molecule has 1 fully saturated rings. The van der Waals surface area contributed by atoms with E-state index in [1.807, 2.05) is 17.9 Å². The Balaban J connectivity index is 2.12. The molecule has 1 aromatic heterocycles. The third kappa shape index (κ3) is 4.47. The van der Waals surface area contributed by atoms with E-state index in [4.69, 9.17) is 0 Å². The summed E-state index contributed by atoms with van der Waals surface area (Å²) >= 11 is 1.59. The van der Waals surface area contributed by atoms with E-state index in [0.29, 0.717) is 5.69 Å². The molecule has 0 spiro atoms. The highest BCUT2D eigenvalue weighted by atomic mass is 32.2. The Morgan fingerprint density at radius 3 is 2.78 bits per heavy atom. The van der Waals surface area contributed by atoms with E-state index < -0.39 is 5.60 Å². The molecule has 0 unspecified atom stereocenters. The van der Waals surface area contributed by atoms with Crippen LogP contribution in [0.2, 0.25) is 0 Å². The molecule has 1 aromatic rings. The second-order valence-corrected chi connectivity index (χ2v) is 7.78. The molecule has 7 heteroatoms. The van der Waals surface area contributed by atoms with Crippen LogP contribution >= 0.6 is 11.8 Å². The zero-order chi connectivity index (χ0) is 17.0. The second kappa shape index (κ2) is 7.66. The quantitative estimate of drug-likeness (QED) is 0.830. The molecule has 2 rings (SSSR count). The van der Waals surface area contributed by atoms with Crippen LogP contribution in [0.3, 0.4) is 0 Å². The van der Waals surface area contributed by atoms with Crippen LogP contribution < -0.4 is 5.32 Å². The number of aliphatic hydroxyl groups is 1. The van der Waals surface area contributed by atoms with Crippen molar-refractivity contribution in [3.8, 4) is 0 Å². The van der Waals surface area contributed by atoms with Gasteiger partial charge in [-0.3, -0.25) is 4.79 Å². The number of aromatic nitrogens is 3. The van der Waals surface area contributed by atoms with Crippen LogP contribution in [-0.4, -0.2) is 43.6 Å². The minimum Gasteiger partial charge on any atom is -0.384 e. The fourth-order valence-corrected chi connectivity index (χ4v) is 3.67. The van der Waals surface area contributed by atoms with Crippen LogP contribution in [-0.2, 0) is 10.4 Å². The highest BCUT2D eigenvalue weighted by Gasteiger charge is 2.31. The first-order valence-corrected chi connectivity index (χ1v) is 9.63. The zero-order valence-corrected chi connectivity index (χ0v) is 15.3. The molecule has 0 saturated heterocycles. The summed E-state index contributed by atoms with van der Waals surface area (Å²) in [5, 5.41) is 21.6. The number of amides is 1. The van der Waals surface area contributed by atoms with Crippen LogP contribution in [0.25, 0.3) is 0 Å². The molecule has 130 valence electrons. The number of nitrogens with zero attached hydrogens (tertiary/aromatic N) is 3. The Bertz CT molecular complexity index is 522. The van der Waals surface area contributed by atoms with Gasteiger partial charge in [0.1, 0.15) is 11.3 Å². The van der Waals surface area contributed by atoms with Gasteiger partial charge in [-0.2, -0.15) is 11.8 Å². The number of hydrogen-bond donors (Lipinski definition) is 2. The predicted octanol–water partition coefficient (Wildman–Crippen LogP) is 2.25. The molecular weight excluding hydrogens is 312 g/mol. The topological polar surface area (TPSA) is 80.0 Å². The lowest BCUT2D eigenvalue weighted by atomic mass is 9.90. The first kappa shape index (κ1) is 18.3. The molecule has 1 amide bonds. The van der Waals surface area contributed by atoms with Crippen LogP contribution in [0, 0.1) is 0 Å². The largest absolute Gasteiger partial charge is 0.384 e. The summed E-state index contributed by atoms with van der Waals surface area (Å²) in [6.07, 6.45) is 8.77. The number of hydrogen-bond acceptors (Lipinski definition) is 5. The van der Waals surface area contributed by atoms with Gasteiger partial charge in [0.15, 0.2) is 0 Å². The van der Waals surface area contributed by atoms with Crippen molar-refractivity contribution in [1.82, 2.24) is 20.3 Å². The summed E-state index contributed by atoms with van der Waals surface area (Å²) in [6.45, 7) is 5.43. The van der Waals surface area contributed by atoms with E-state index in [1.54, 1.807) is 31.8 Å². The van der Waals surface area contributed by atoms with Crippen molar-refractivity contribution in [3.63, 3.8) is 0 Å². The molecular formula is C16H28N4O2S. The van der Waals surface area contributed by atoms with Crippen molar-refractivity contribution >= 4 is 17.7 Å². The SMILES string of the molecule is CC[C@@H](SC)C(=O)N[C@H]1CCCC[C@H]1n1cc(C(C)(C)O)nn1. The second-order valence-electron chi connectivity index (χ2n) is 6.74. The third-order valence-electron chi connectivity index (χ3n) is 4.48. The van der Waals surface area contributed by atoms with Gasteiger partial charge in [0, 0.05) is 0 Å². The third-order valence-corrected chi connectivity index (χ3v) is 5.60. The van der Waals surface area contributed by atoms with Crippen LogP contribution in [0.4, 0.5) is 0 Å². The Hall–Kier alpha value is -1.08. The lowest BCUT2D eigenvalue weighted by Gasteiger charge is -2.32. The maximum absolute atomic E-state index is 12.4. The van der Waals surface area contributed by atoms with Gasteiger partial charge in [-0.25, -0.2) is 4.68 Å². The smallest absolute Gasteiger partial charge is 0.233 e. The van der Waals surface area contributed by atoms with E-state index in [0.717, 1.165) is 32.1 Å². The van der Waals surface area contributed by atoms with Gasteiger partial charge in [0.25, 0.3) is 0 Å². The summed E-state index contributed by atoms with van der Waals surface area (Å²) in [5.41, 5.74) is -0.443. The lowest BCUT2D eigenvalue weighted by Crippen LogP contribution is -2.46. The summed E-state index contributed by atoms with van der Waals surface area (Å²) in [4.78, 5) is 12.4. The average molecular weight is 340 g/mol. The van der Waals surface area contributed by atoms with Gasteiger partial charge in [-0.05, 0) is 39.4 Å². The van der Waals surface area contributed by atoms with Gasteiger partial charge < -0.3 is 10.4 Å². The fraction of sp³-hybridized carbons (Fsp3) is 0.812. The molecule has 1 heterocycles. The molecule has 0 radical (unpaired) electrons. The van der Waals surface area contributed by atoms with E-state index in [-0.39, 0.29) is 23.2 Å². The van der Waals surface area contributed by atoms with Crippen LogP contribution in [0.1, 0.15) is 64.6 Å². The van der Waals surface area contributed by atoms with Crippen molar-refractivity contribution in [3.05, 3.63) is 11.9 Å². The van der Waals surface area contributed by atoms with Gasteiger partial charge in [0.05, 0.1) is 23.5 Å². The van der Waals surface area contributed by atoms with Crippen molar-refractivity contribution in [1.29, 1.82) is 0 Å². The average Bonchev–Trinajstić information content (AvgIpc) is 2.99. The van der Waals surface area contributed by atoms with Gasteiger partial charge in [-0.15, -0.1) is 5.10 Å². The summed E-state index contributed by atoms with van der Waals surface area (Å²) < 4.78 is 1.82. The molecule has 23 heavy (non-hydrogen) atoms. The number of thioether (sulfide) groups is 1. The van der Waals surface area contributed by atoms with E-state index >= 15 is 0 Å². The zero-order valence-electron chi connectivity index (χ0n) is 14.5. The van der Waals surface area contributed by atoms with E-state index in [2.05, 4.69) is 15.6 Å². The number of carbonyl (C=O) groups is 1. The van der Waals surface area contributed by atoms with Crippen LogP contribution in [0.15, 0.2) is 6.20 Å². The molecule has 1 aliphatic rings. The molecule has 0 aromatic carbocycles. The highest BCUT2D eigenvalue weighted by Crippen LogP contribution is 2.29. The van der Waals surface area contributed by atoms with Crippen LogP contribution in [0.5, 0.6) is 0 Å². The van der Waals surface area contributed by atoms with Crippen molar-refractivity contribution in [2.75, 3.05) is 6.26 Å². The lowest BCUT2D eigenvalue weighted by molar-refractivity contribution is -0.121. The maximum atomic E-state index is 12.4. The first-order chi connectivity index (χ1) is 10.9. The predicted molar refractivity (Wildman–Crippen MR) is 92.3 cm³/mol. The van der Waals surface area contributed by atoms with E-state index in [9.17, 15) is 9.90 Å². The van der Waals surface area contributed by atoms with Crippen molar-refractivity contribution < 1.29 is 9.90 Å². The normalized spacial score (nSPS) is 23.5. The maximum Gasteiger partial charge on any atom is 0.233 e. The summed E-state index contributed by atoms with van der Waals surface area (Å²) in [5.74, 6) is 0.111. The number of carbonyl (C=O) groups excluding carboxylic acids is 1. The molecule has 1 aliphatic carbocycles. The van der Waals surface area contributed by atoms with Gasteiger partial charge >= 0.3 is 0 Å². The standard InChI is InChI=1S/C16H28N4O2S/c1-5-13(23-4)15(21)17-11-8-6-7-9-12(11)20-10-14(18-19-20)16(2,3)22/h10-13,22H,5-9H2,1-4H3,(H,17,21)/t11-,12+,13+/m0/s1. The molecule has 2 N–H and O–H groups in total. The fourth-order valence-electron chi connectivity index (χ4n) is 3.05. The Labute approximate surface area is 142 Å². The Kier molecular flexibility index (Phi) is 6.08. The van der Waals surface area contributed by atoms with Crippen molar-refractivity contribution in [2.24, 2.45) is 0 Å². The number of nitrogens with one attached hydrogen (secondary N) is 1. The molecule has 0 aliphatic heterocycles. The monoisotopic (exact) mass is 340 g/mol. The molecule has 0 bridgehead atoms. The minimum absolute atomic E-state index is 0.000240. The Morgan fingerprint density at radius 2 is 2.22 bits per heavy atom. The molecule has 1 saturated carbocycles.